The number of methoxy groups -OCH3 is 1. The predicted octanol–water partition coefficient (Wildman–Crippen LogP) is 3.05. The summed E-state index contributed by atoms with van der Waals surface area (Å²) in [4.78, 5) is 23.5. The highest BCUT2D eigenvalue weighted by Gasteiger charge is 2.23. The van der Waals surface area contributed by atoms with Crippen molar-refractivity contribution >= 4 is 11.9 Å². The van der Waals surface area contributed by atoms with Gasteiger partial charge in [0, 0.05) is 12.5 Å². The van der Waals surface area contributed by atoms with Gasteiger partial charge in [-0.25, -0.2) is 18.0 Å². The van der Waals surface area contributed by atoms with E-state index >= 15 is 0 Å². The van der Waals surface area contributed by atoms with Crippen molar-refractivity contribution in [1.29, 1.82) is 0 Å². The first-order valence-corrected chi connectivity index (χ1v) is 7.57. The summed E-state index contributed by atoms with van der Waals surface area (Å²) in [5.41, 5.74) is -0.237. The van der Waals surface area contributed by atoms with Crippen molar-refractivity contribution in [1.82, 2.24) is 5.32 Å². The summed E-state index contributed by atoms with van der Waals surface area (Å²) in [7, 11) is 1.11. The van der Waals surface area contributed by atoms with Crippen LogP contribution in [-0.4, -0.2) is 25.0 Å². The Bertz CT molecular complexity index is 617. The van der Waals surface area contributed by atoms with Crippen molar-refractivity contribution in [3.05, 3.63) is 47.3 Å². The SMILES string of the molecule is CCCC/C=C/C(=O)N[C@@H](Cc1cc(F)c(F)cc1F)C(=O)OC. The van der Waals surface area contributed by atoms with Crippen LogP contribution in [0.15, 0.2) is 24.3 Å². The zero-order valence-electron chi connectivity index (χ0n) is 13.6. The molecular formula is C17H20F3NO3. The van der Waals surface area contributed by atoms with Crippen LogP contribution in [0.2, 0.25) is 0 Å². The maximum Gasteiger partial charge on any atom is 0.328 e. The molecule has 0 aliphatic rings. The number of amides is 1. The highest BCUT2D eigenvalue weighted by Crippen LogP contribution is 2.16. The van der Waals surface area contributed by atoms with Crippen LogP contribution in [-0.2, 0) is 20.7 Å². The molecule has 0 radical (unpaired) electrons. The molecule has 0 aromatic heterocycles. The van der Waals surface area contributed by atoms with Gasteiger partial charge in [-0.05, 0) is 24.1 Å². The van der Waals surface area contributed by atoms with Gasteiger partial charge < -0.3 is 10.1 Å². The molecule has 0 saturated heterocycles. The molecule has 0 aliphatic carbocycles. The molecule has 0 heterocycles. The highest BCUT2D eigenvalue weighted by molar-refractivity contribution is 5.91. The number of rotatable bonds is 8. The fourth-order valence-corrected chi connectivity index (χ4v) is 2.01. The molecule has 1 rings (SSSR count). The second-order valence-electron chi connectivity index (χ2n) is 5.19. The number of benzene rings is 1. The van der Waals surface area contributed by atoms with Gasteiger partial charge in [0.25, 0.3) is 0 Å². The number of esters is 1. The summed E-state index contributed by atoms with van der Waals surface area (Å²) in [6, 6.07) is -0.160. The van der Waals surface area contributed by atoms with Crippen molar-refractivity contribution in [3.8, 4) is 0 Å². The highest BCUT2D eigenvalue weighted by atomic mass is 19.2. The molecule has 1 atom stereocenters. The zero-order chi connectivity index (χ0) is 18.1. The standard InChI is InChI=1S/C17H20F3NO3/c1-3-4-5-6-7-16(22)21-15(17(23)24-2)9-11-8-13(19)14(20)10-12(11)18/h6-8,10,15H,3-5,9H2,1-2H3,(H,21,22)/b7-6+/t15-/m0/s1. The van der Waals surface area contributed by atoms with E-state index < -0.39 is 35.4 Å². The first kappa shape index (κ1) is 19.7. The molecule has 0 aliphatic heterocycles. The third-order valence-corrected chi connectivity index (χ3v) is 3.31. The van der Waals surface area contributed by atoms with Gasteiger partial charge >= 0.3 is 5.97 Å². The van der Waals surface area contributed by atoms with E-state index in [1.807, 2.05) is 6.92 Å². The van der Waals surface area contributed by atoms with E-state index in [4.69, 9.17) is 0 Å². The maximum absolute atomic E-state index is 13.7. The number of ether oxygens (including phenoxy) is 1. The minimum absolute atomic E-state index is 0.237. The Labute approximate surface area is 138 Å². The molecule has 0 spiro atoms. The Balaban J connectivity index is 2.83. The van der Waals surface area contributed by atoms with E-state index in [-0.39, 0.29) is 12.0 Å². The second kappa shape index (κ2) is 9.75. The molecule has 24 heavy (non-hydrogen) atoms. The average molecular weight is 343 g/mol. The molecular weight excluding hydrogens is 323 g/mol. The van der Waals surface area contributed by atoms with Crippen LogP contribution in [0.1, 0.15) is 31.7 Å². The third-order valence-electron chi connectivity index (χ3n) is 3.31. The Morgan fingerprint density at radius 3 is 2.50 bits per heavy atom. The Hall–Kier alpha value is -2.31. The molecule has 0 fully saturated rings. The molecule has 1 amide bonds. The molecule has 0 bridgehead atoms. The van der Waals surface area contributed by atoms with E-state index in [1.165, 1.54) is 6.08 Å². The molecule has 7 heteroatoms. The molecule has 4 nitrogen and oxygen atoms in total. The van der Waals surface area contributed by atoms with Crippen LogP contribution in [0.3, 0.4) is 0 Å². The van der Waals surface area contributed by atoms with Gasteiger partial charge in [-0.3, -0.25) is 4.79 Å². The number of allylic oxidation sites excluding steroid dienone is 1. The van der Waals surface area contributed by atoms with Crippen molar-refractivity contribution in [3.63, 3.8) is 0 Å². The van der Waals surface area contributed by atoms with Crippen molar-refractivity contribution in [2.45, 2.75) is 38.6 Å². The number of unbranched alkanes of at least 4 members (excludes halogenated alkanes) is 2. The van der Waals surface area contributed by atoms with Crippen LogP contribution in [0.25, 0.3) is 0 Å². The second-order valence-corrected chi connectivity index (χ2v) is 5.19. The summed E-state index contributed by atoms with van der Waals surface area (Å²) >= 11 is 0. The molecule has 1 N–H and O–H groups in total. The zero-order valence-corrected chi connectivity index (χ0v) is 13.6. The van der Waals surface area contributed by atoms with E-state index in [0.717, 1.165) is 20.0 Å². The Kier molecular flexibility index (Phi) is 8.01. The number of carbonyl (C=O) groups excluding carboxylic acids is 2. The van der Waals surface area contributed by atoms with Gasteiger partial charge in [0.2, 0.25) is 5.91 Å². The predicted molar refractivity (Wildman–Crippen MR) is 82.6 cm³/mol. The summed E-state index contributed by atoms with van der Waals surface area (Å²) in [6.07, 6.45) is 5.18. The van der Waals surface area contributed by atoms with E-state index in [0.29, 0.717) is 18.6 Å². The average Bonchev–Trinajstić information content (AvgIpc) is 2.55. The molecule has 1 aromatic carbocycles. The number of halogens is 3. The Morgan fingerprint density at radius 2 is 1.88 bits per heavy atom. The lowest BCUT2D eigenvalue weighted by Crippen LogP contribution is -2.42. The van der Waals surface area contributed by atoms with E-state index in [2.05, 4.69) is 10.1 Å². The van der Waals surface area contributed by atoms with Crippen LogP contribution < -0.4 is 5.32 Å². The molecule has 0 unspecified atom stereocenters. The molecule has 1 aromatic rings. The van der Waals surface area contributed by atoms with Crippen molar-refractivity contribution < 1.29 is 27.5 Å². The minimum Gasteiger partial charge on any atom is -0.467 e. The van der Waals surface area contributed by atoms with Gasteiger partial charge in [0.1, 0.15) is 11.9 Å². The lowest BCUT2D eigenvalue weighted by atomic mass is 10.0. The van der Waals surface area contributed by atoms with Crippen LogP contribution in [0, 0.1) is 17.5 Å². The van der Waals surface area contributed by atoms with Crippen LogP contribution in [0.4, 0.5) is 13.2 Å². The smallest absolute Gasteiger partial charge is 0.328 e. The Morgan fingerprint density at radius 1 is 1.21 bits per heavy atom. The van der Waals surface area contributed by atoms with Crippen molar-refractivity contribution in [2.75, 3.05) is 7.11 Å². The molecule has 132 valence electrons. The van der Waals surface area contributed by atoms with Crippen LogP contribution in [0.5, 0.6) is 0 Å². The number of nitrogens with one attached hydrogen (secondary N) is 1. The van der Waals surface area contributed by atoms with Gasteiger partial charge in [0.05, 0.1) is 7.11 Å². The number of hydrogen-bond acceptors (Lipinski definition) is 3. The first-order valence-electron chi connectivity index (χ1n) is 7.57. The topological polar surface area (TPSA) is 55.4 Å². The number of hydrogen-bond donors (Lipinski definition) is 1. The minimum atomic E-state index is -1.33. The van der Waals surface area contributed by atoms with Gasteiger partial charge in [-0.2, -0.15) is 0 Å². The quantitative estimate of drug-likeness (QED) is 0.342. The summed E-state index contributed by atoms with van der Waals surface area (Å²) < 4.78 is 44.4. The third kappa shape index (κ3) is 6.06. The van der Waals surface area contributed by atoms with Gasteiger partial charge in [-0.15, -0.1) is 0 Å². The van der Waals surface area contributed by atoms with E-state index in [9.17, 15) is 22.8 Å². The normalized spacial score (nSPS) is 12.2. The van der Waals surface area contributed by atoms with Gasteiger partial charge in [-0.1, -0.05) is 25.8 Å². The largest absolute Gasteiger partial charge is 0.467 e. The van der Waals surface area contributed by atoms with Gasteiger partial charge in [0.15, 0.2) is 11.6 Å². The van der Waals surface area contributed by atoms with Crippen LogP contribution >= 0.6 is 0 Å². The first-order chi connectivity index (χ1) is 11.4. The maximum atomic E-state index is 13.7. The molecule has 0 saturated carbocycles. The van der Waals surface area contributed by atoms with E-state index in [1.54, 1.807) is 6.08 Å². The fourth-order valence-electron chi connectivity index (χ4n) is 2.01. The summed E-state index contributed by atoms with van der Waals surface area (Å²) in [5, 5.41) is 2.37. The monoisotopic (exact) mass is 343 g/mol. The fraction of sp³-hybridized carbons (Fsp3) is 0.412. The summed E-state index contributed by atoms with van der Waals surface area (Å²) in [6.45, 7) is 2.01. The van der Waals surface area contributed by atoms with Crippen molar-refractivity contribution in [2.24, 2.45) is 0 Å². The lowest BCUT2D eigenvalue weighted by molar-refractivity contribution is -0.144. The lowest BCUT2D eigenvalue weighted by Gasteiger charge is -2.16. The summed E-state index contributed by atoms with van der Waals surface area (Å²) in [5.74, 6) is -4.93. The number of carbonyl (C=O) groups is 2.